The number of nitrogens with one attached hydrogen (secondary N) is 1. The molecular formula is C23H19N3O4. The highest BCUT2D eigenvalue weighted by atomic mass is 16.5. The van der Waals surface area contributed by atoms with E-state index >= 15 is 0 Å². The summed E-state index contributed by atoms with van der Waals surface area (Å²) < 4.78 is 16.4. The molecule has 150 valence electrons. The fraction of sp³-hybridized carbons (Fsp3) is 0.0870. The number of anilines is 1. The maximum Gasteiger partial charge on any atom is 0.259 e. The first-order chi connectivity index (χ1) is 14.7. The van der Waals surface area contributed by atoms with Crippen LogP contribution in [0.15, 0.2) is 83.4 Å². The Morgan fingerprint density at radius 3 is 2.37 bits per heavy atom. The number of hydrogen-bond donors (Lipinski definition) is 1. The van der Waals surface area contributed by atoms with Gasteiger partial charge in [0.1, 0.15) is 17.2 Å². The summed E-state index contributed by atoms with van der Waals surface area (Å²) in [5.41, 5.74) is 1.05. The molecule has 0 saturated heterocycles. The van der Waals surface area contributed by atoms with Crippen LogP contribution in [0, 0.1) is 6.92 Å². The van der Waals surface area contributed by atoms with E-state index in [1.54, 1.807) is 55.5 Å². The van der Waals surface area contributed by atoms with Gasteiger partial charge in [0.15, 0.2) is 6.61 Å². The number of aryl methyl sites for hydroxylation is 1. The second-order valence-corrected chi connectivity index (χ2v) is 6.41. The highest BCUT2D eigenvalue weighted by Crippen LogP contribution is 2.24. The number of benzene rings is 3. The zero-order valence-corrected chi connectivity index (χ0v) is 16.2. The smallest absolute Gasteiger partial charge is 0.259 e. The van der Waals surface area contributed by atoms with Crippen LogP contribution < -0.4 is 14.8 Å². The summed E-state index contributed by atoms with van der Waals surface area (Å²) in [5, 5.41) is 6.66. The van der Waals surface area contributed by atoms with Gasteiger partial charge in [-0.2, -0.15) is 4.98 Å². The predicted octanol–water partition coefficient (Wildman–Crippen LogP) is 5.00. The Morgan fingerprint density at radius 1 is 0.933 bits per heavy atom. The lowest BCUT2D eigenvalue weighted by Crippen LogP contribution is -2.13. The third-order valence-electron chi connectivity index (χ3n) is 4.15. The maximum atomic E-state index is 12.8. The van der Waals surface area contributed by atoms with E-state index in [1.165, 1.54) is 0 Å². The van der Waals surface area contributed by atoms with E-state index < -0.39 is 0 Å². The van der Waals surface area contributed by atoms with E-state index in [2.05, 4.69) is 15.5 Å². The SMILES string of the molecule is Cc1nc(COc2ccccc2C(=O)Nc2ccc(Oc3ccccc3)cc2)no1. The highest BCUT2D eigenvalue weighted by Gasteiger charge is 2.14. The molecule has 1 amide bonds. The lowest BCUT2D eigenvalue weighted by atomic mass is 10.2. The summed E-state index contributed by atoms with van der Waals surface area (Å²) in [6.45, 7) is 1.81. The molecule has 1 N–H and O–H groups in total. The largest absolute Gasteiger partial charge is 0.485 e. The van der Waals surface area contributed by atoms with Crippen molar-refractivity contribution < 1.29 is 18.8 Å². The van der Waals surface area contributed by atoms with Crippen LogP contribution in [0.1, 0.15) is 22.1 Å². The Morgan fingerprint density at radius 2 is 1.63 bits per heavy atom. The molecule has 0 aliphatic carbocycles. The number of para-hydroxylation sites is 2. The van der Waals surface area contributed by atoms with Gasteiger partial charge < -0.3 is 19.3 Å². The molecule has 0 radical (unpaired) electrons. The second kappa shape index (κ2) is 8.91. The van der Waals surface area contributed by atoms with Gasteiger partial charge in [0.05, 0.1) is 5.56 Å². The minimum Gasteiger partial charge on any atom is -0.485 e. The number of carbonyl (C=O) groups excluding carboxylic acids is 1. The molecule has 0 fully saturated rings. The minimum atomic E-state index is -0.286. The topological polar surface area (TPSA) is 86.5 Å². The van der Waals surface area contributed by atoms with Gasteiger partial charge in [-0.3, -0.25) is 4.79 Å². The van der Waals surface area contributed by atoms with Crippen molar-refractivity contribution in [2.75, 3.05) is 5.32 Å². The average Bonchev–Trinajstić information content (AvgIpc) is 3.20. The van der Waals surface area contributed by atoms with E-state index in [4.69, 9.17) is 14.0 Å². The standard InChI is InChI=1S/C23H19N3O4/c1-16-24-22(26-30-16)15-28-21-10-6-5-9-20(21)23(27)25-17-11-13-19(14-12-17)29-18-7-3-2-4-8-18/h2-14H,15H2,1H3,(H,25,27). The zero-order valence-electron chi connectivity index (χ0n) is 16.2. The van der Waals surface area contributed by atoms with Gasteiger partial charge in [0.2, 0.25) is 11.7 Å². The quantitative estimate of drug-likeness (QED) is 0.469. The van der Waals surface area contributed by atoms with Gasteiger partial charge in [-0.05, 0) is 48.5 Å². The van der Waals surface area contributed by atoms with Gasteiger partial charge in [0, 0.05) is 12.6 Å². The van der Waals surface area contributed by atoms with Crippen molar-refractivity contribution in [3.05, 3.63) is 96.1 Å². The van der Waals surface area contributed by atoms with Crippen LogP contribution >= 0.6 is 0 Å². The highest BCUT2D eigenvalue weighted by molar-refractivity contribution is 6.06. The zero-order chi connectivity index (χ0) is 20.8. The van der Waals surface area contributed by atoms with Crippen molar-refractivity contribution in [3.8, 4) is 17.2 Å². The fourth-order valence-electron chi connectivity index (χ4n) is 2.75. The van der Waals surface area contributed by atoms with Gasteiger partial charge in [-0.1, -0.05) is 35.5 Å². The van der Waals surface area contributed by atoms with Gasteiger partial charge in [-0.15, -0.1) is 0 Å². The van der Waals surface area contributed by atoms with Crippen molar-refractivity contribution in [2.45, 2.75) is 13.5 Å². The van der Waals surface area contributed by atoms with Crippen molar-refractivity contribution in [2.24, 2.45) is 0 Å². The molecule has 3 aromatic carbocycles. The van der Waals surface area contributed by atoms with E-state index in [-0.39, 0.29) is 12.5 Å². The summed E-state index contributed by atoms with van der Waals surface area (Å²) in [4.78, 5) is 16.8. The summed E-state index contributed by atoms with van der Waals surface area (Å²) in [7, 11) is 0. The Kier molecular flexibility index (Phi) is 5.70. The molecule has 0 aliphatic heterocycles. The van der Waals surface area contributed by atoms with Crippen LogP contribution in [0.2, 0.25) is 0 Å². The molecule has 4 rings (SSSR count). The van der Waals surface area contributed by atoms with Crippen LogP contribution in [0.5, 0.6) is 17.2 Å². The van der Waals surface area contributed by atoms with E-state index in [1.807, 2.05) is 30.3 Å². The summed E-state index contributed by atoms with van der Waals surface area (Å²) in [6.07, 6.45) is 0. The molecule has 0 bridgehead atoms. The average molecular weight is 401 g/mol. The monoisotopic (exact) mass is 401 g/mol. The van der Waals surface area contributed by atoms with Gasteiger partial charge in [0.25, 0.3) is 5.91 Å². The number of hydrogen-bond acceptors (Lipinski definition) is 6. The first-order valence-corrected chi connectivity index (χ1v) is 9.33. The number of nitrogens with zero attached hydrogens (tertiary/aromatic N) is 2. The first kappa shape index (κ1) is 19.2. The molecule has 0 atom stereocenters. The van der Waals surface area contributed by atoms with E-state index in [0.717, 1.165) is 5.75 Å². The number of aromatic nitrogens is 2. The van der Waals surface area contributed by atoms with Crippen LogP contribution in [0.4, 0.5) is 5.69 Å². The van der Waals surface area contributed by atoms with Crippen molar-refractivity contribution in [1.29, 1.82) is 0 Å². The third-order valence-corrected chi connectivity index (χ3v) is 4.15. The van der Waals surface area contributed by atoms with Crippen molar-refractivity contribution in [3.63, 3.8) is 0 Å². The Labute approximate surface area is 173 Å². The van der Waals surface area contributed by atoms with Crippen molar-refractivity contribution >= 4 is 11.6 Å². The lowest BCUT2D eigenvalue weighted by molar-refractivity contribution is 0.102. The van der Waals surface area contributed by atoms with Gasteiger partial charge in [-0.25, -0.2) is 0 Å². The minimum absolute atomic E-state index is 0.104. The number of amides is 1. The number of ether oxygens (including phenoxy) is 2. The fourth-order valence-corrected chi connectivity index (χ4v) is 2.75. The van der Waals surface area contributed by atoms with Gasteiger partial charge >= 0.3 is 0 Å². The second-order valence-electron chi connectivity index (χ2n) is 6.41. The van der Waals surface area contributed by atoms with Crippen LogP contribution in [0.3, 0.4) is 0 Å². The maximum absolute atomic E-state index is 12.8. The first-order valence-electron chi connectivity index (χ1n) is 9.33. The third kappa shape index (κ3) is 4.82. The Hall–Kier alpha value is -4.13. The van der Waals surface area contributed by atoms with Crippen molar-refractivity contribution in [1.82, 2.24) is 10.1 Å². The molecule has 7 heteroatoms. The molecule has 1 aromatic heterocycles. The normalized spacial score (nSPS) is 10.4. The van der Waals surface area contributed by atoms with Crippen LogP contribution in [-0.2, 0) is 6.61 Å². The molecular weight excluding hydrogens is 382 g/mol. The molecule has 0 aliphatic rings. The molecule has 0 spiro atoms. The van der Waals surface area contributed by atoms with E-state index in [9.17, 15) is 4.79 Å². The van der Waals surface area contributed by atoms with E-state index in [0.29, 0.717) is 34.5 Å². The molecule has 7 nitrogen and oxygen atoms in total. The Bertz CT molecular complexity index is 1120. The lowest BCUT2D eigenvalue weighted by Gasteiger charge is -2.11. The number of rotatable bonds is 7. The molecule has 0 unspecified atom stereocenters. The van der Waals surface area contributed by atoms with Crippen LogP contribution in [0.25, 0.3) is 0 Å². The molecule has 1 heterocycles. The predicted molar refractivity (Wildman–Crippen MR) is 111 cm³/mol. The molecule has 0 saturated carbocycles. The summed E-state index contributed by atoms with van der Waals surface area (Å²) in [6, 6.07) is 23.6. The summed E-state index contributed by atoms with van der Waals surface area (Å²) >= 11 is 0. The molecule has 4 aromatic rings. The summed E-state index contributed by atoms with van der Waals surface area (Å²) in [5.74, 6) is 2.44. The number of carbonyl (C=O) groups is 1. The molecule has 30 heavy (non-hydrogen) atoms. The van der Waals surface area contributed by atoms with Crippen LogP contribution in [-0.4, -0.2) is 16.0 Å². The Balaban J connectivity index is 1.41.